The van der Waals surface area contributed by atoms with Crippen LogP contribution in [-0.4, -0.2) is 34.3 Å². The van der Waals surface area contributed by atoms with Crippen LogP contribution in [0.2, 0.25) is 0 Å². The zero-order chi connectivity index (χ0) is 12.5. The number of amides is 1. The van der Waals surface area contributed by atoms with Crippen LogP contribution >= 0.6 is 0 Å². The van der Waals surface area contributed by atoms with E-state index in [1.165, 1.54) is 4.90 Å². The Labute approximate surface area is 96.2 Å². The van der Waals surface area contributed by atoms with Crippen molar-refractivity contribution in [3.8, 4) is 0 Å². The number of carbonyl (C=O) groups is 1. The van der Waals surface area contributed by atoms with E-state index < -0.39 is 17.7 Å². The summed E-state index contributed by atoms with van der Waals surface area (Å²) in [7, 11) is 0. The maximum absolute atomic E-state index is 11.8. The fourth-order valence-electron chi connectivity index (χ4n) is 1.61. The van der Waals surface area contributed by atoms with Crippen LogP contribution < -0.4 is 0 Å². The molecule has 4 heteroatoms. The van der Waals surface area contributed by atoms with E-state index >= 15 is 0 Å². The standard InChI is InChI=1S/C12H19NO3/c1-8-6-10(9(2)14)13(7-8)11(15)16-12(3,4)5/h10,14H,1-2,6-7H2,3-5H3/t10-/m0/s1. The molecule has 1 amide bonds. The van der Waals surface area contributed by atoms with Gasteiger partial charge in [-0.05, 0) is 27.2 Å². The Kier molecular flexibility index (Phi) is 3.31. The summed E-state index contributed by atoms with van der Waals surface area (Å²) in [5, 5.41) is 9.40. The molecule has 0 unspecified atom stereocenters. The molecular weight excluding hydrogens is 206 g/mol. The molecule has 1 saturated heterocycles. The summed E-state index contributed by atoms with van der Waals surface area (Å²) >= 11 is 0. The summed E-state index contributed by atoms with van der Waals surface area (Å²) < 4.78 is 5.24. The lowest BCUT2D eigenvalue weighted by atomic mass is 10.1. The molecule has 0 aromatic carbocycles. The van der Waals surface area contributed by atoms with E-state index in [9.17, 15) is 9.90 Å². The number of nitrogens with zero attached hydrogens (tertiary/aromatic N) is 1. The molecular formula is C12H19NO3. The minimum absolute atomic E-state index is 0.0236. The van der Waals surface area contributed by atoms with E-state index in [1.54, 1.807) is 20.8 Å². The van der Waals surface area contributed by atoms with Crippen LogP contribution in [-0.2, 0) is 4.74 Å². The smallest absolute Gasteiger partial charge is 0.411 e. The van der Waals surface area contributed by atoms with Gasteiger partial charge in [-0.15, -0.1) is 0 Å². The Morgan fingerprint density at radius 3 is 2.56 bits per heavy atom. The molecule has 1 aliphatic heterocycles. The number of rotatable bonds is 1. The predicted octanol–water partition coefficient (Wildman–Crippen LogP) is 2.62. The normalized spacial score (nSPS) is 21.1. The van der Waals surface area contributed by atoms with Crippen molar-refractivity contribution >= 4 is 6.09 Å². The van der Waals surface area contributed by atoms with Gasteiger partial charge >= 0.3 is 6.09 Å². The molecule has 1 rings (SSSR count). The van der Waals surface area contributed by atoms with E-state index in [2.05, 4.69) is 13.2 Å². The van der Waals surface area contributed by atoms with Crippen LogP contribution in [0.15, 0.2) is 24.5 Å². The van der Waals surface area contributed by atoms with E-state index in [0.29, 0.717) is 13.0 Å². The van der Waals surface area contributed by atoms with Crippen LogP contribution in [0.5, 0.6) is 0 Å². The molecule has 0 aromatic rings. The molecule has 1 atom stereocenters. The number of hydrogen-bond donors (Lipinski definition) is 1. The largest absolute Gasteiger partial charge is 0.511 e. The first-order valence-corrected chi connectivity index (χ1v) is 5.25. The number of ether oxygens (including phenoxy) is 1. The predicted molar refractivity (Wildman–Crippen MR) is 62.3 cm³/mol. The van der Waals surface area contributed by atoms with Gasteiger partial charge in [0.15, 0.2) is 0 Å². The third-order valence-electron chi connectivity index (χ3n) is 2.26. The molecule has 0 aliphatic carbocycles. The van der Waals surface area contributed by atoms with Crippen molar-refractivity contribution in [3.63, 3.8) is 0 Å². The summed E-state index contributed by atoms with van der Waals surface area (Å²) in [6.07, 6.45) is 0.112. The molecule has 4 nitrogen and oxygen atoms in total. The van der Waals surface area contributed by atoms with Crippen LogP contribution in [0.4, 0.5) is 4.79 Å². The van der Waals surface area contributed by atoms with Crippen LogP contribution in [0.3, 0.4) is 0 Å². The highest BCUT2D eigenvalue weighted by molar-refractivity contribution is 5.70. The average Bonchev–Trinajstić information content (AvgIpc) is 2.44. The zero-order valence-electron chi connectivity index (χ0n) is 10.1. The van der Waals surface area contributed by atoms with E-state index in [4.69, 9.17) is 4.74 Å². The Balaban J connectivity index is 2.75. The van der Waals surface area contributed by atoms with Crippen LogP contribution in [0, 0.1) is 0 Å². The van der Waals surface area contributed by atoms with Gasteiger partial charge in [0.1, 0.15) is 11.4 Å². The first kappa shape index (κ1) is 12.6. The summed E-state index contributed by atoms with van der Waals surface area (Å²) in [5.74, 6) is -0.0236. The molecule has 1 heterocycles. The highest BCUT2D eigenvalue weighted by atomic mass is 16.6. The maximum atomic E-state index is 11.8. The Bertz CT molecular complexity index is 328. The summed E-state index contributed by atoms with van der Waals surface area (Å²) in [5.41, 5.74) is 0.355. The summed E-state index contributed by atoms with van der Waals surface area (Å²) in [6.45, 7) is 13.1. The molecule has 1 fully saturated rings. The number of aliphatic hydroxyl groups excluding tert-OH is 1. The lowest BCUT2D eigenvalue weighted by Crippen LogP contribution is -2.40. The minimum Gasteiger partial charge on any atom is -0.511 e. The maximum Gasteiger partial charge on any atom is 0.411 e. The van der Waals surface area contributed by atoms with Gasteiger partial charge in [-0.2, -0.15) is 0 Å². The highest BCUT2D eigenvalue weighted by Crippen LogP contribution is 2.26. The van der Waals surface area contributed by atoms with Gasteiger partial charge in [0, 0.05) is 6.54 Å². The number of likely N-dealkylation sites (tertiary alicyclic amines) is 1. The third-order valence-corrected chi connectivity index (χ3v) is 2.26. The monoisotopic (exact) mass is 225 g/mol. The SMILES string of the molecule is C=C1C[C@@H](C(=C)O)N(C(=O)OC(C)(C)C)C1. The Hall–Kier alpha value is -1.45. The third kappa shape index (κ3) is 3.02. The van der Waals surface area contributed by atoms with Crippen LogP contribution in [0.25, 0.3) is 0 Å². The van der Waals surface area contributed by atoms with Crippen molar-refractivity contribution in [2.45, 2.75) is 38.8 Å². The summed E-state index contributed by atoms with van der Waals surface area (Å²) in [4.78, 5) is 13.3. The zero-order valence-corrected chi connectivity index (χ0v) is 10.1. The highest BCUT2D eigenvalue weighted by Gasteiger charge is 2.35. The second kappa shape index (κ2) is 4.20. The molecule has 90 valence electrons. The van der Waals surface area contributed by atoms with E-state index in [0.717, 1.165) is 5.57 Å². The first-order chi connectivity index (χ1) is 7.20. The Morgan fingerprint density at radius 1 is 1.56 bits per heavy atom. The van der Waals surface area contributed by atoms with Crippen molar-refractivity contribution in [2.75, 3.05) is 6.54 Å². The van der Waals surface area contributed by atoms with Gasteiger partial charge in [-0.3, -0.25) is 4.90 Å². The van der Waals surface area contributed by atoms with E-state index in [-0.39, 0.29) is 5.76 Å². The molecule has 1 N–H and O–H groups in total. The van der Waals surface area contributed by atoms with Crippen molar-refractivity contribution in [1.29, 1.82) is 0 Å². The van der Waals surface area contributed by atoms with Crippen molar-refractivity contribution in [2.24, 2.45) is 0 Å². The van der Waals surface area contributed by atoms with E-state index in [1.807, 2.05) is 0 Å². The number of hydrogen-bond acceptors (Lipinski definition) is 3. The molecule has 0 bridgehead atoms. The van der Waals surface area contributed by atoms with Crippen molar-refractivity contribution < 1.29 is 14.6 Å². The van der Waals surface area contributed by atoms with Crippen molar-refractivity contribution in [1.82, 2.24) is 4.90 Å². The molecule has 0 saturated carbocycles. The number of carbonyl (C=O) groups excluding carboxylic acids is 1. The first-order valence-electron chi connectivity index (χ1n) is 5.25. The fourth-order valence-corrected chi connectivity index (χ4v) is 1.61. The topological polar surface area (TPSA) is 49.8 Å². The quantitative estimate of drug-likeness (QED) is 0.551. The van der Waals surface area contributed by atoms with Gasteiger partial charge in [-0.1, -0.05) is 18.7 Å². The minimum atomic E-state index is -0.539. The molecule has 0 aromatic heterocycles. The molecule has 0 radical (unpaired) electrons. The van der Waals surface area contributed by atoms with Gasteiger partial charge in [0.25, 0.3) is 0 Å². The van der Waals surface area contributed by atoms with Gasteiger partial charge in [0.2, 0.25) is 0 Å². The van der Waals surface area contributed by atoms with Gasteiger partial charge < -0.3 is 9.84 Å². The average molecular weight is 225 g/mol. The lowest BCUT2D eigenvalue weighted by Gasteiger charge is -2.27. The van der Waals surface area contributed by atoms with Crippen LogP contribution in [0.1, 0.15) is 27.2 Å². The number of aliphatic hydroxyl groups is 1. The second-order valence-corrected chi connectivity index (χ2v) is 5.07. The lowest BCUT2D eigenvalue weighted by molar-refractivity contribution is 0.0226. The van der Waals surface area contributed by atoms with Crippen molar-refractivity contribution in [3.05, 3.63) is 24.5 Å². The molecule has 1 aliphatic rings. The summed E-state index contributed by atoms with van der Waals surface area (Å²) in [6, 6.07) is -0.401. The van der Waals surface area contributed by atoms with Gasteiger partial charge in [0.05, 0.1) is 6.04 Å². The molecule has 0 spiro atoms. The molecule has 16 heavy (non-hydrogen) atoms. The Morgan fingerprint density at radius 2 is 2.12 bits per heavy atom. The second-order valence-electron chi connectivity index (χ2n) is 5.07. The van der Waals surface area contributed by atoms with Gasteiger partial charge in [-0.25, -0.2) is 4.79 Å². The fraction of sp³-hybridized carbons (Fsp3) is 0.583.